The number of thioether (sulfide) groups is 1. The van der Waals surface area contributed by atoms with Gasteiger partial charge in [0.15, 0.2) is 11.0 Å². The van der Waals surface area contributed by atoms with Crippen LogP contribution in [-0.2, 0) is 24.5 Å². The highest BCUT2D eigenvalue weighted by Gasteiger charge is 2.22. The van der Waals surface area contributed by atoms with Gasteiger partial charge in [-0.05, 0) is 39.6 Å². The summed E-state index contributed by atoms with van der Waals surface area (Å²) in [5.41, 5.74) is 14.9. The Balaban J connectivity index is 1.33. The number of hydrazine groups is 1. The minimum atomic E-state index is 0.176. The van der Waals surface area contributed by atoms with Gasteiger partial charge in [-0.25, -0.2) is 9.99 Å². The zero-order valence-electron chi connectivity index (χ0n) is 17.0. The molecule has 32 heavy (non-hydrogen) atoms. The second kappa shape index (κ2) is 7.90. The second-order valence-electron chi connectivity index (χ2n) is 7.77. The standard InChI is InChI=1S/C23H19ClN6OS/c24-17-8-15-11-31-10-14-5-3-6-16(19(14)15)20(17)21-26-22(25)28-23(27-21)32-12-30-9-13-4-1-2-7-18(13)29-30/h1-8,29H,9-12H2,(H2,25,26,27,28). The molecule has 0 saturated carbocycles. The van der Waals surface area contributed by atoms with Crippen LogP contribution in [0.5, 0.6) is 0 Å². The number of ether oxygens (including phenoxy) is 1. The number of nitrogens with one attached hydrogen (secondary N) is 1. The molecule has 0 bridgehead atoms. The van der Waals surface area contributed by atoms with Gasteiger partial charge in [-0.15, -0.1) is 0 Å². The predicted molar refractivity (Wildman–Crippen MR) is 127 cm³/mol. The number of para-hydroxylation sites is 1. The molecule has 6 rings (SSSR count). The van der Waals surface area contributed by atoms with Crippen molar-refractivity contribution in [2.45, 2.75) is 24.9 Å². The lowest BCUT2D eigenvalue weighted by Crippen LogP contribution is -2.23. The van der Waals surface area contributed by atoms with Gasteiger partial charge in [0.2, 0.25) is 5.95 Å². The molecule has 3 heterocycles. The Hall–Kier alpha value is -2.91. The van der Waals surface area contributed by atoms with Gasteiger partial charge in [0, 0.05) is 12.1 Å². The monoisotopic (exact) mass is 462 g/mol. The van der Waals surface area contributed by atoms with Crippen LogP contribution in [0.25, 0.3) is 22.2 Å². The van der Waals surface area contributed by atoms with Crippen molar-refractivity contribution in [2.24, 2.45) is 0 Å². The average Bonchev–Trinajstić information content (AvgIpc) is 3.21. The number of fused-ring (bicyclic) bond motifs is 1. The molecule has 3 aromatic carbocycles. The third-order valence-electron chi connectivity index (χ3n) is 5.66. The van der Waals surface area contributed by atoms with Crippen LogP contribution in [0.3, 0.4) is 0 Å². The van der Waals surface area contributed by atoms with Gasteiger partial charge >= 0.3 is 0 Å². The highest BCUT2D eigenvalue weighted by atomic mass is 35.5. The maximum absolute atomic E-state index is 6.71. The number of nitrogens with two attached hydrogens (primary N) is 1. The van der Waals surface area contributed by atoms with Crippen LogP contribution in [0.1, 0.15) is 16.7 Å². The van der Waals surface area contributed by atoms with E-state index in [0.29, 0.717) is 35.1 Å². The van der Waals surface area contributed by atoms with E-state index in [4.69, 9.17) is 27.1 Å². The topological polar surface area (TPSA) is 89.2 Å². The van der Waals surface area contributed by atoms with Crippen molar-refractivity contribution in [3.63, 3.8) is 0 Å². The molecule has 2 aliphatic rings. The molecule has 0 radical (unpaired) electrons. The Morgan fingerprint density at radius 2 is 1.88 bits per heavy atom. The van der Waals surface area contributed by atoms with Gasteiger partial charge in [-0.3, -0.25) is 0 Å². The van der Waals surface area contributed by atoms with Crippen LogP contribution in [-0.4, -0.2) is 25.8 Å². The van der Waals surface area contributed by atoms with Crippen LogP contribution < -0.4 is 11.2 Å². The molecule has 7 nitrogen and oxygen atoms in total. The maximum atomic E-state index is 6.71. The van der Waals surface area contributed by atoms with Gasteiger partial charge in [-0.1, -0.05) is 59.8 Å². The van der Waals surface area contributed by atoms with Gasteiger partial charge < -0.3 is 15.9 Å². The van der Waals surface area contributed by atoms with Crippen molar-refractivity contribution in [3.05, 3.63) is 70.2 Å². The lowest BCUT2D eigenvalue weighted by atomic mass is 9.94. The summed E-state index contributed by atoms with van der Waals surface area (Å²) in [7, 11) is 0. The molecule has 2 aliphatic heterocycles. The van der Waals surface area contributed by atoms with Crippen molar-refractivity contribution >= 4 is 45.8 Å². The van der Waals surface area contributed by atoms with Crippen LogP contribution in [0.15, 0.2) is 53.7 Å². The molecule has 0 aliphatic carbocycles. The predicted octanol–water partition coefficient (Wildman–Crippen LogP) is 4.85. The zero-order chi connectivity index (χ0) is 21.7. The molecule has 0 amide bonds. The van der Waals surface area contributed by atoms with Crippen molar-refractivity contribution in [1.29, 1.82) is 0 Å². The fourth-order valence-corrected chi connectivity index (χ4v) is 5.34. The number of hydrogen-bond donors (Lipinski definition) is 2. The summed E-state index contributed by atoms with van der Waals surface area (Å²) < 4.78 is 5.70. The van der Waals surface area contributed by atoms with E-state index < -0.39 is 0 Å². The first-order valence-electron chi connectivity index (χ1n) is 10.2. The van der Waals surface area contributed by atoms with E-state index in [9.17, 15) is 0 Å². The fourth-order valence-electron chi connectivity index (χ4n) is 4.29. The van der Waals surface area contributed by atoms with E-state index >= 15 is 0 Å². The number of anilines is 2. The molecule has 0 spiro atoms. The molecule has 1 aromatic heterocycles. The summed E-state index contributed by atoms with van der Waals surface area (Å²) in [6.07, 6.45) is 0. The van der Waals surface area contributed by atoms with Crippen molar-refractivity contribution in [1.82, 2.24) is 20.0 Å². The lowest BCUT2D eigenvalue weighted by molar-refractivity contribution is 0.103. The molecule has 9 heteroatoms. The molecule has 0 saturated heterocycles. The first-order chi connectivity index (χ1) is 15.7. The van der Waals surface area contributed by atoms with Crippen molar-refractivity contribution in [2.75, 3.05) is 17.0 Å². The molecule has 4 aromatic rings. The number of nitrogen functional groups attached to an aromatic ring is 1. The summed E-state index contributed by atoms with van der Waals surface area (Å²) in [6.45, 7) is 1.94. The Bertz CT molecular complexity index is 1340. The van der Waals surface area contributed by atoms with Gasteiger partial charge in [-0.2, -0.15) is 9.97 Å². The zero-order valence-corrected chi connectivity index (χ0v) is 18.6. The molecular weight excluding hydrogens is 444 g/mol. The Labute approximate surface area is 193 Å². The number of nitrogens with zero attached hydrogens (tertiary/aromatic N) is 4. The third kappa shape index (κ3) is 3.45. The van der Waals surface area contributed by atoms with E-state index in [1.807, 2.05) is 30.3 Å². The van der Waals surface area contributed by atoms with Crippen LogP contribution in [0.4, 0.5) is 11.6 Å². The summed E-state index contributed by atoms with van der Waals surface area (Å²) in [6, 6.07) is 16.3. The van der Waals surface area contributed by atoms with Crippen molar-refractivity contribution < 1.29 is 4.74 Å². The van der Waals surface area contributed by atoms with Gasteiger partial charge in [0.05, 0.1) is 29.8 Å². The summed E-state index contributed by atoms with van der Waals surface area (Å²) in [5.74, 6) is 1.32. The Morgan fingerprint density at radius 3 is 2.78 bits per heavy atom. The van der Waals surface area contributed by atoms with E-state index in [0.717, 1.165) is 39.7 Å². The minimum Gasteiger partial charge on any atom is -0.372 e. The second-order valence-corrected chi connectivity index (χ2v) is 9.08. The van der Waals surface area contributed by atoms with E-state index in [1.165, 1.54) is 17.3 Å². The van der Waals surface area contributed by atoms with Gasteiger partial charge in [0.1, 0.15) is 0 Å². The van der Waals surface area contributed by atoms with Crippen LogP contribution in [0.2, 0.25) is 5.02 Å². The number of rotatable bonds is 4. The highest BCUT2D eigenvalue weighted by Crippen LogP contribution is 2.40. The SMILES string of the molecule is Nc1nc(SCN2Cc3ccccc3N2)nc(-c2c(Cl)cc3c4c(cccc24)COC3)n1. The van der Waals surface area contributed by atoms with Crippen LogP contribution >= 0.6 is 23.4 Å². The molecule has 0 fully saturated rings. The largest absolute Gasteiger partial charge is 0.372 e. The number of halogens is 1. The number of aromatic nitrogens is 3. The Kier molecular flexibility index (Phi) is 4.87. The smallest absolute Gasteiger partial charge is 0.224 e. The third-order valence-corrected chi connectivity index (χ3v) is 6.84. The summed E-state index contributed by atoms with van der Waals surface area (Å²) >= 11 is 8.22. The number of benzene rings is 3. The van der Waals surface area contributed by atoms with Crippen molar-refractivity contribution in [3.8, 4) is 11.4 Å². The normalized spacial score (nSPS) is 15.0. The number of hydrogen-bond acceptors (Lipinski definition) is 8. The molecule has 0 unspecified atom stereocenters. The van der Waals surface area contributed by atoms with E-state index in [2.05, 4.69) is 38.6 Å². The molecule has 160 valence electrons. The van der Waals surface area contributed by atoms with Gasteiger partial charge in [0.25, 0.3) is 0 Å². The first kappa shape index (κ1) is 19.8. The van der Waals surface area contributed by atoms with E-state index in [1.54, 1.807) is 0 Å². The fraction of sp³-hybridized carbons (Fsp3) is 0.174. The average molecular weight is 463 g/mol. The quantitative estimate of drug-likeness (QED) is 0.416. The molecular formula is C23H19ClN6OS. The molecule has 0 atom stereocenters. The highest BCUT2D eigenvalue weighted by molar-refractivity contribution is 7.99. The summed E-state index contributed by atoms with van der Waals surface area (Å²) in [4.78, 5) is 13.5. The molecule has 3 N–H and O–H groups in total. The summed E-state index contributed by atoms with van der Waals surface area (Å²) in [5, 5.41) is 5.42. The minimum absolute atomic E-state index is 0.176. The van der Waals surface area contributed by atoms with E-state index in [-0.39, 0.29) is 5.95 Å². The first-order valence-corrected chi connectivity index (χ1v) is 11.6. The lowest BCUT2D eigenvalue weighted by Gasteiger charge is -2.20. The Morgan fingerprint density at radius 1 is 1.03 bits per heavy atom. The van der Waals surface area contributed by atoms with Crippen LogP contribution in [0, 0.1) is 0 Å². The maximum Gasteiger partial charge on any atom is 0.224 e.